The number of nitrogens with one attached hydrogen (secondary N) is 1. The minimum atomic E-state index is -4.56. The van der Waals surface area contributed by atoms with Crippen LogP contribution in [0.1, 0.15) is 36.7 Å². The summed E-state index contributed by atoms with van der Waals surface area (Å²) in [5.74, 6) is -0.269. The van der Waals surface area contributed by atoms with Crippen molar-refractivity contribution in [2.45, 2.75) is 38.7 Å². The first-order valence-corrected chi connectivity index (χ1v) is 11.3. The molecular formula is C21H29F3N4O3S. The molecule has 1 atom stereocenters. The second kappa shape index (κ2) is 9.50. The first-order chi connectivity index (χ1) is 14.9. The number of carbonyl (C=O) groups excluding carboxylic acids is 1. The van der Waals surface area contributed by atoms with E-state index in [9.17, 15) is 23.1 Å². The number of alkyl halides is 3. The number of aliphatic hydroxyl groups is 1. The number of pyridine rings is 1. The van der Waals surface area contributed by atoms with Gasteiger partial charge in [-0.05, 0) is 26.8 Å². The van der Waals surface area contributed by atoms with Crippen molar-refractivity contribution < 1.29 is 27.8 Å². The molecule has 2 N–H and O–H groups in total. The molecule has 0 bridgehead atoms. The number of amides is 1. The van der Waals surface area contributed by atoms with Crippen LogP contribution in [0.3, 0.4) is 0 Å². The van der Waals surface area contributed by atoms with E-state index in [4.69, 9.17) is 4.74 Å². The van der Waals surface area contributed by atoms with E-state index in [1.165, 1.54) is 12.4 Å². The molecule has 178 valence electrons. The zero-order valence-electron chi connectivity index (χ0n) is 18.6. The Morgan fingerprint density at radius 3 is 2.50 bits per heavy atom. The highest BCUT2D eigenvalue weighted by Gasteiger charge is 2.36. The van der Waals surface area contributed by atoms with Crippen LogP contribution in [0.25, 0.3) is 10.2 Å². The molecule has 0 spiro atoms. The average Bonchev–Trinajstić information content (AvgIpc) is 3.14. The lowest BCUT2D eigenvalue weighted by molar-refractivity contribution is -0.136. The number of fused-ring (bicyclic) bond motifs is 1. The van der Waals surface area contributed by atoms with E-state index < -0.39 is 23.8 Å². The van der Waals surface area contributed by atoms with Gasteiger partial charge in [-0.15, -0.1) is 11.3 Å². The fourth-order valence-corrected chi connectivity index (χ4v) is 4.54. The minimum Gasteiger partial charge on any atom is -0.389 e. The molecule has 1 saturated heterocycles. The Balaban J connectivity index is 1.75. The van der Waals surface area contributed by atoms with Crippen LogP contribution in [-0.4, -0.2) is 79.0 Å². The van der Waals surface area contributed by atoms with Gasteiger partial charge in [0.1, 0.15) is 5.82 Å². The number of aromatic nitrogens is 1. The number of β-amino-alcohol motifs (C(OH)–C–C–N with tert-alkyl or cyclic N) is 1. The molecule has 0 saturated carbocycles. The standard InChI is InChI=1S/C21H29F3N4O3S/c1-20(2,3)31-11-13(29)10-27-5-7-28(8-6-27)16-9-15(21(22,23)24)18-17(26-16)14(12-32-18)19(30)25-4/h9,12-13,29H,5-8,10-11H2,1-4H3,(H,25,30). The summed E-state index contributed by atoms with van der Waals surface area (Å²) in [6, 6.07) is 1.06. The molecule has 1 fully saturated rings. The first kappa shape index (κ1) is 24.7. The van der Waals surface area contributed by atoms with Gasteiger partial charge in [-0.3, -0.25) is 9.69 Å². The van der Waals surface area contributed by atoms with Gasteiger partial charge in [0.15, 0.2) is 0 Å². The minimum absolute atomic E-state index is 0.0412. The monoisotopic (exact) mass is 474 g/mol. The van der Waals surface area contributed by atoms with E-state index in [0.717, 1.165) is 17.4 Å². The molecular weight excluding hydrogens is 445 g/mol. The van der Waals surface area contributed by atoms with Gasteiger partial charge in [-0.2, -0.15) is 13.2 Å². The number of hydrogen-bond donors (Lipinski definition) is 2. The Kier molecular flexibility index (Phi) is 7.33. The summed E-state index contributed by atoms with van der Waals surface area (Å²) < 4.78 is 46.8. The lowest BCUT2D eigenvalue weighted by Gasteiger charge is -2.36. The van der Waals surface area contributed by atoms with Crippen molar-refractivity contribution in [3.05, 3.63) is 22.6 Å². The maximum Gasteiger partial charge on any atom is 0.417 e. The number of thiophene rings is 1. The molecule has 3 rings (SSSR count). The van der Waals surface area contributed by atoms with Gasteiger partial charge in [0.25, 0.3) is 5.91 Å². The Morgan fingerprint density at radius 2 is 1.94 bits per heavy atom. The number of hydrogen-bond acceptors (Lipinski definition) is 7. The maximum atomic E-state index is 13.7. The molecule has 3 heterocycles. The fourth-order valence-electron chi connectivity index (χ4n) is 3.52. The molecule has 32 heavy (non-hydrogen) atoms. The van der Waals surface area contributed by atoms with Gasteiger partial charge in [0.2, 0.25) is 0 Å². The summed E-state index contributed by atoms with van der Waals surface area (Å²) in [6.07, 6.45) is -5.20. The van der Waals surface area contributed by atoms with Crippen molar-refractivity contribution in [2.24, 2.45) is 0 Å². The van der Waals surface area contributed by atoms with Gasteiger partial charge < -0.3 is 20.1 Å². The van der Waals surface area contributed by atoms with Crippen molar-refractivity contribution in [1.29, 1.82) is 0 Å². The molecule has 1 amide bonds. The summed E-state index contributed by atoms with van der Waals surface area (Å²) in [5, 5.41) is 14.1. The van der Waals surface area contributed by atoms with E-state index in [0.29, 0.717) is 32.7 Å². The zero-order chi connectivity index (χ0) is 23.7. The quantitative estimate of drug-likeness (QED) is 0.671. The third kappa shape index (κ3) is 5.89. The topological polar surface area (TPSA) is 77.9 Å². The Hall–Kier alpha value is -1.95. The van der Waals surface area contributed by atoms with E-state index in [1.807, 2.05) is 20.8 Å². The molecule has 2 aromatic heterocycles. The molecule has 0 radical (unpaired) electrons. The normalized spacial score (nSPS) is 17.1. The molecule has 0 aliphatic carbocycles. The lowest BCUT2D eigenvalue weighted by Crippen LogP contribution is -2.49. The second-order valence-electron chi connectivity index (χ2n) is 8.80. The van der Waals surface area contributed by atoms with Crippen LogP contribution in [0.2, 0.25) is 0 Å². The van der Waals surface area contributed by atoms with E-state index >= 15 is 0 Å². The molecule has 7 nitrogen and oxygen atoms in total. The number of carbonyl (C=O) groups is 1. The van der Waals surface area contributed by atoms with Crippen molar-refractivity contribution in [1.82, 2.24) is 15.2 Å². The van der Waals surface area contributed by atoms with E-state index in [1.54, 1.807) is 4.90 Å². The zero-order valence-corrected chi connectivity index (χ0v) is 19.4. The molecule has 1 unspecified atom stereocenters. The van der Waals surface area contributed by atoms with Gasteiger partial charge in [0, 0.05) is 45.2 Å². The smallest absolute Gasteiger partial charge is 0.389 e. The number of nitrogens with zero attached hydrogens (tertiary/aromatic N) is 3. The van der Waals surface area contributed by atoms with Crippen LogP contribution in [0, 0.1) is 0 Å². The molecule has 1 aliphatic heterocycles. The summed E-state index contributed by atoms with van der Waals surface area (Å²) in [5.41, 5.74) is -0.915. The molecule has 2 aromatic rings. The number of piperazine rings is 1. The van der Waals surface area contributed by atoms with E-state index in [-0.39, 0.29) is 33.8 Å². The summed E-state index contributed by atoms with van der Waals surface area (Å²) in [4.78, 5) is 20.4. The summed E-state index contributed by atoms with van der Waals surface area (Å²) in [7, 11) is 1.43. The Labute approximate surface area is 189 Å². The largest absolute Gasteiger partial charge is 0.417 e. The van der Waals surface area contributed by atoms with E-state index in [2.05, 4.69) is 15.2 Å². The summed E-state index contributed by atoms with van der Waals surface area (Å²) >= 11 is 0.870. The number of anilines is 1. The lowest BCUT2D eigenvalue weighted by atomic mass is 10.1. The number of ether oxygens (including phenoxy) is 1. The van der Waals surface area contributed by atoms with Crippen LogP contribution in [0.4, 0.5) is 19.0 Å². The van der Waals surface area contributed by atoms with Gasteiger partial charge in [-0.1, -0.05) is 0 Å². The summed E-state index contributed by atoms with van der Waals surface area (Å²) in [6.45, 7) is 8.46. The molecule has 0 aromatic carbocycles. The third-order valence-corrected chi connectivity index (χ3v) is 6.16. The molecule has 1 aliphatic rings. The fraction of sp³-hybridized carbons (Fsp3) is 0.619. The molecule has 11 heteroatoms. The maximum absolute atomic E-state index is 13.7. The predicted octanol–water partition coefficient (Wildman–Crippen LogP) is 2.97. The predicted molar refractivity (Wildman–Crippen MR) is 118 cm³/mol. The SMILES string of the molecule is CNC(=O)c1csc2c(C(F)(F)F)cc(N3CCN(CC(O)COC(C)(C)C)CC3)nc12. The van der Waals surface area contributed by atoms with Gasteiger partial charge in [0.05, 0.1) is 39.7 Å². The van der Waals surface area contributed by atoms with Crippen molar-refractivity contribution >= 4 is 33.3 Å². The van der Waals surface area contributed by atoms with Crippen molar-refractivity contribution in [3.8, 4) is 0 Å². The highest BCUT2D eigenvalue weighted by atomic mass is 32.1. The Morgan fingerprint density at radius 1 is 1.28 bits per heavy atom. The van der Waals surface area contributed by atoms with Crippen LogP contribution >= 0.6 is 11.3 Å². The van der Waals surface area contributed by atoms with Crippen LogP contribution in [0.15, 0.2) is 11.4 Å². The first-order valence-electron chi connectivity index (χ1n) is 10.4. The highest BCUT2D eigenvalue weighted by molar-refractivity contribution is 7.17. The van der Waals surface area contributed by atoms with Gasteiger partial charge in [-0.25, -0.2) is 4.98 Å². The van der Waals surface area contributed by atoms with Crippen molar-refractivity contribution in [3.63, 3.8) is 0 Å². The number of aliphatic hydroxyl groups excluding tert-OH is 1. The number of rotatable bonds is 6. The Bertz CT molecular complexity index is 950. The average molecular weight is 475 g/mol. The third-order valence-electron chi connectivity index (χ3n) is 5.16. The second-order valence-corrected chi connectivity index (χ2v) is 9.68. The van der Waals surface area contributed by atoms with Crippen LogP contribution in [0.5, 0.6) is 0 Å². The van der Waals surface area contributed by atoms with Crippen molar-refractivity contribution in [2.75, 3.05) is 51.3 Å². The highest BCUT2D eigenvalue weighted by Crippen LogP contribution is 2.40. The van der Waals surface area contributed by atoms with Crippen LogP contribution < -0.4 is 10.2 Å². The number of halogens is 3. The van der Waals surface area contributed by atoms with Crippen LogP contribution in [-0.2, 0) is 10.9 Å². The van der Waals surface area contributed by atoms with Gasteiger partial charge >= 0.3 is 6.18 Å².